The van der Waals surface area contributed by atoms with Crippen LogP contribution in [0.2, 0.25) is 0 Å². The number of aliphatic hydroxyl groups is 1. The Hall–Kier alpha value is -1.29. The lowest BCUT2D eigenvalue weighted by Gasteiger charge is -2.57. The van der Waals surface area contributed by atoms with Gasteiger partial charge in [-0.15, -0.1) is 0 Å². The van der Waals surface area contributed by atoms with Crippen molar-refractivity contribution in [3.8, 4) is 0 Å². The molecule has 136 valence electrons. The molecule has 0 aromatic heterocycles. The molecule has 0 aromatic rings. The lowest BCUT2D eigenvalue weighted by Crippen LogP contribution is -2.53. The van der Waals surface area contributed by atoms with E-state index in [1.807, 2.05) is 0 Å². The summed E-state index contributed by atoms with van der Waals surface area (Å²) in [4.78, 5) is 37.0. The first-order valence-corrected chi connectivity index (χ1v) is 9.73. The van der Waals surface area contributed by atoms with E-state index < -0.39 is 0 Å². The summed E-state index contributed by atoms with van der Waals surface area (Å²) in [5.74, 6) is 1.29. The van der Waals surface area contributed by atoms with Crippen LogP contribution in [0.5, 0.6) is 0 Å². The molecule has 0 heterocycles. The van der Waals surface area contributed by atoms with E-state index in [2.05, 4.69) is 13.8 Å². The zero-order valence-electron chi connectivity index (χ0n) is 15.2. The van der Waals surface area contributed by atoms with E-state index in [1.54, 1.807) is 6.08 Å². The van der Waals surface area contributed by atoms with Crippen molar-refractivity contribution in [1.82, 2.24) is 0 Å². The number of allylic oxidation sites excluding steroid dienone is 1. The minimum Gasteiger partial charge on any atom is -0.389 e. The molecule has 0 radical (unpaired) electrons. The van der Waals surface area contributed by atoms with Gasteiger partial charge in [0.05, 0.1) is 0 Å². The average molecular weight is 344 g/mol. The number of hydrogen-bond donors (Lipinski definition) is 1. The van der Waals surface area contributed by atoms with Crippen LogP contribution in [-0.4, -0.2) is 29.1 Å². The Morgan fingerprint density at radius 1 is 1.16 bits per heavy atom. The third kappa shape index (κ3) is 2.26. The molecule has 0 aliphatic heterocycles. The second-order valence-corrected chi connectivity index (χ2v) is 9.24. The van der Waals surface area contributed by atoms with Crippen LogP contribution in [0.1, 0.15) is 58.8 Å². The van der Waals surface area contributed by atoms with Crippen LogP contribution < -0.4 is 0 Å². The molecule has 0 saturated heterocycles. The topological polar surface area (TPSA) is 71.4 Å². The summed E-state index contributed by atoms with van der Waals surface area (Å²) >= 11 is 0. The van der Waals surface area contributed by atoms with Crippen molar-refractivity contribution >= 4 is 17.3 Å². The van der Waals surface area contributed by atoms with Gasteiger partial charge in [-0.3, -0.25) is 14.4 Å². The number of hydrogen-bond acceptors (Lipinski definition) is 4. The molecule has 4 aliphatic rings. The van der Waals surface area contributed by atoms with Gasteiger partial charge in [0, 0.05) is 24.3 Å². The lowest BCUT2D eigenvalue weighted by atomic mass is 9.46. The van der Waals surface area contributed by atoms with Gasteiger partial charge in [-0.25, -0.2) is 0 Å². The maximum Gasteiger partial charge on any atom is 0.161 e. The average Bonchev–Trinajstić information content (AvgIpc) is 2.93. The molecule has 0 aromatic carbocycles. The summed E-state index contributed by atoms with van der Waals surface area (Å²) in [6.45, 7) is 4.03. The van der Waals surface area contributed by atoms with Crippen molar-refractivity contribution in [3.63, 3.8) is 0 Å². The molecule has 4 nitrogen and oxygen atoms in total. The van der Waals surface area contributed by atoms with Crippen molar-refractivity contribution in [2.24, 2.45) is 34.5 Å². The predicted octanol–water partition coefficient (Wildman–Crippen LogP) is 2.87. The quantitative estimate of drug-likeness (QED) is 0.836. The van der Waals surface area contributed by atoms with Gasteiger partial charge in [-0.2, -0.15) is 0 Å². The van der Waals surface area contributed by atoms with E-state index >= 15 is 0 Å². The monoisotopic (exact) mass is 344 g/mol. The highest BCUT2D eigenvalue weighted by atomic mass is 16.3. The van der Waals surface area contributed by atoms with Crippen molar-refractivity contribution in [1.29, 1.82) is 0 Å². The van der Waals surface area contributed by atoms with Crippen molar-refractivity contribution < 1.29 is 19.5 Å². The van der Waals surface area contributed by atoms with Crippen molar-refractivity contribution in [2.45, 2.75) is 58.8 Å². The second-order valence-electron chi connectivity index (χ2n) is 9.24. The van der Waals surface area contributed by atoms with E-state index in [0.717, 1.165) is 37.7 Å². The van der Waals surface area contributed by atoms with Crippen LogP contribution in [0, 0.1) is 34.5 Å². The fourth-order valence-electron chi connectivity index (χ4n) is 7.03. The molecule has 25 heavy (non-hydrogen) atoms. The zero-order chi connectivity index (χ0) is 18.0. The fourth-order valence-corrected chi connectivity index (χ4v) is 7.03. The summed E-state index contributed by atoms with van der Waals surface area (Å²) in [6.07, 6.45) is 7.31. The minimum atomic E-state index is -0.368. The zero-order valence-corrected chi connectivity index (χ0v) is 15.2. The number of fused-ring (bicyclic) bond motifs is 5. The first kappa shape index (κ1) is 17.1. The van der Waals surface area contributed by atoms with Crippen LogP contribution in [0.15, 0.2) is 11.6 Å². The van der Waals surface area contributed by atoms with Gasteiger partial charge in [-0.05, 0) is 66.8 Å². The molecule has 4 aliphatic carbocycles. The van der Waals surface area contributed by atoms with E-state index in [4.69, 9.17) is 0 Å². The van der Waals surface area contributed by atoms with Crippen LogP contribution in [-0.2, 0) is 14.4 Å². The first-order valence-electron chi connectivity index (χ1n) is 9.73. The van der Waals surface area contributed by atoms with Crippen molar-refractivity contribution in [2.75, 3.05) is 6.61 Å². The number of rotatable bonds is 2. The molecular weight excluding hydrogens is 316 g/mol. The molecule has 6 atom stereocenters. The maximum absolute atomic E-state index is 12.9. The van der Waals surface area contributed by atoms with Crippen LogP contribution in [0.4, 0.5) is 0 Å². The number of carbonyl (C=O) groups excluding carboxylic acids is 3. The third-order valence-corrected chi connectivity index (χ3v) is 8.33. The summed E-state index contributed by atoms with van der Waals surface area (Å²) in [5, 5.41) is 9.35. The van der Waals surface area contributed by atoms with Gasteiger partial charge in [0.1, 0.15) is 6.61 Å². The van der Waals surface area contributed by atoms with Crippen molar-refractivity contribution in [3.05, 3.63) is 11.6 Å². The Bertz CT molecular complexity index is 677. The highest BCUT2D eigenvalue weighted by Gasteiger charge is 2.61. The van der Waals surface area contributed by atoms with Crippen LogP contribution in [0.25, 0.3) is 0 Å². The number of ketones is 3. The Morgan fingerprint density at radius 2 is 1.92 bits per heavy atom. The molecule has 3 saturated carbocycles. The molecule has 0 amide bonds. The highest BCUT2D eigenvalue weighted by molar-refractivity contribution is 6.05. The summed E-state index contributed by atoms with van der Waals surface area (Å²) in [6, 6.07) is 0. The smallest absolute Gasteiger partial charge is 0.161 e. The fraction of sp³-hybridized carbons (Fsp3) is 0.762. The molecular formula is C21H28O4. The van der Waals surface area contributed by atoms with Gasteiger partial charge in [0.25, 0.3) is 0 Å². The van der Waals surface area contributed by atoms with E-state index in [9.17, 15) is 19.5 Å². The molecule has 1 N–H and O–H groups in total. The molecule has 0 bridgehead atoms. The van der Waals surface area contributed by atoms with Gasteiger partial charge < -0.3 is 5.11 Å². The highest BCUT2D eigenvalue weighted by Crippen LogP contribution is 2.66. The predicted molar refractivity (Wildman–Crippen MR) is 92.7 cm³/mol. The summed E-state index contributed by atoms with van der Waals surface area (Å²) in [5.41, 5.74) is 0.520. The Labute approximate surface area is 149 Å². The van der Waals surface area contributed by atoms with Crippen LogP contribution >= 0.6 is 0 Å². The second kappa shape index (κ2) is 5.60. The lowest BCUT2D eigenvalue weighted by molar-refractivity contribution is -0.136. The molecule has 4 heteroatoms. The molecule has 0 unspecified atom stereocenters. The molecule has 4 rings (SSSR count). The minimum absolute atomic E-state index is 0.0272. The third-order valence-electron chi connectivity index (χ3n) is 8.33. The van der Waals surface area contributed by atoms with Gasteiger partial charge in [-0.1, -0.05) is 13.8 Å². The Morgan fingerprint density at radius 3 is 2.64 bits per heavy atom. The van der Waals surface area contributed by atoms with Gasteiger partial charge >= 0.3 is 0 Å². The Balaban J connectivity index is 1.70. The SMILES string of the molecule is C[C@]12CC[C@H]3[C@@H](CC(=O)C4=CC(=O)CC[C@@]43C)[C@@H]1CC[C@@H]2C(=O)CO. The number of carbonyl (C=O) groups is 3. The summed E-state index contributed by atoms with van der Waals surface area (Å²) < 4.78 is 0. The largest absolute Gasteiger partial charge is 0.389 e. The standard InChI is InChI=1S/C21H28O4/c1-20-8-6-15-13(14(20)3-4-16(20)19(25)11-22)10-18(24)17-9-12(23)5-7-21(15,17)2/h9,13-16,22H,3-8,10-11H2,1-2H3/t13-,14-,15-,16+,20-,21+/m0/s1. The van der Waals surface area contributed by atoms with Gasteiger partial charge in [0.2, 0.25) is 0 Å². The van der Waals surface area contributed by atoms with Gasteiger partial charge in [0.15, 0.2) is 17.3 Å². The number of Topliss-reactive ketones (excluding diaryl/α,β-unsaturated/α-hetero) is 2. The Kier molecular flexibility index (Phi) is 3.84. The van der Waals surface area contributed by atoms with E-state index in [1.165, 1.54) is 0 Å². The van der Waals surface area contributed by atoms with E-state index in [-0.39, 0.29) is 40.7 Å². The molecule has 3 fully saturated rings. The maximum atomic E-state index is 12.9. The number of aliphatic hydroxyl groups excluding tert-OH is 1. The first-order chi connectivity index (χ1) is 11.8. The summed E-state index contributed by atoms with van der Waals surface area (Å²) in [7, 11) is 0. The van der Waals surface area contributed by atoms with E-state index in [0.29, 0.717) is 30.6 Å². The normalized spacial score (nSPS) is 46.1. The van der Waals surface area contributed by atoms with Crippen LogP contribution in [0.3, 0.4) is 0 Å². The molecule has 0 spiro atoms.